The lowest BCUT2D eigenvalue weighted by molar-refractivity contribution is -0.137. The summed E-state index contributed by atoms with van der Waals surface area (Å²) in [6.45, 7) is 3.15. The Balaban J connectivity index is 2.79. The van der Waals surface area contributed by atoms with E-state index < -0.39 is 21.8 Å². The molecule has 0 heterocycles. The molecule has 0 aromatic heterocycles. The van der Waals surface area contributed by atoms with Crippen LogP contribution in [0.5, 0.6) is 0 Å². The molecule has 7 heteroatoms. The molecular formula is C12H16FNO4S. The lowest BCUT2D eigenvalue weighted by Crippen LogP contribution is -2.29. The first kappa shape index (κ1) is 15.6. The van der Waals surface area contributed by atoms with E-state index in [1.54, 1.807) is 6.92 Å². The SMILES string of the molecule is Cc1cc(F)ccc1S(=O)(=O)NCC(C)CC(=O)O. The number of halogens is 1. The minimum absolute atomic E-state index is 0.00331. The maximum atomic E-state index is 12.9. The Morgan fingerprint density at radius 1 is 1.47 bits per heavy atom. The number of aryl methyl sites for hydroxylation is 1. The molecule has 2 N–H and O–H groups in total. The van der Waals surface area contributed by atoms with Crippen LogP contribution < -0.4 is 4.72 Å². The van der Waals surface area contributed by atoms with Crippen molar-refractivity contribution >= 4 is 16.0 Å². The Morgan fingerprint density at radius 2 is 2.11 bits per heavy atom. The number of benzene rings is 1. The van der Waals surface area contributed by atoms with Gasteiger partial charge in [-0.2, -0.15) is 0 Å². The van der Waals surface area contributed by atoms with Crippen LogP contribution in [0.25, 0.3) is 0 Å². The van der Waals surface area contributed by atoms with Crippen LogP contribution >= 0.6 is 0 Å². The molecule has 0 aliphatic heterocycles. The molecule has 106 valence electrons. The first-order valence-electron chi connectivity index (χ1n) is 5.70. The van der Waals surface area contributed by atoms with E-state index in [1.807, 2.05) is 0 Å². The van der Waals surface area contributed by atoms with Gasteiger partial charge in [-0.15, -0.1) is 0 Å². The van der Waals surface area contributed by atoms with Gasteiger partial charge in [-0.25, -0.2) is 17.5 Å². The summed E-state index contributed by atoms with van der Waals surface area (Å²) in [4.78, 5) is 10.5. The van der Waals surface area contributed by atoms with Crippen LogP contribution in [0, 0.1) is 18.7 Å². The second-order valence-electron chi connectivity index (χ2n) is 4.46. The average molecular weight is 289 g/mol. The first-order chi connectivity index (χ1) is 8.72. The van der Waals surface area contributed by atoms with E-state index in [1.165, 1.54) is 13.0 Å². The van der Waals surface area contributed by atoms with Gasteiger partial charge in [0.25, 0.3) is 0 Å². The number of hydrogen-bond acceptors (Lipinski definition) is 3. The van der Waals surface area contributed by atoms with Crippen molar-refractivity contribution in [3.8, 4) is 0 Å². The molecule has 1 aromatic carbocycles. The first-order valence-corrected chi connectivity index (χ1v) is 7.18. The summed E-state index contributed by atoms with van der Waals surface area (Å²) in [5.41, 5.74) is 0.304. The number of nitrogens with one attached hydrogen (secondary N) is 1. The Hall–Kier alpha value is -1.47. The van der Waals surface area contributed by atoms with E-state index >= 15 is 0 Å². The monoisotopic (exact) mass is 289 g/mol. The summed E-state index contributed by atoms with van der Waals surface area (Å²) < 4.78 is 39.2. The highest BCUT2D eigenvalue weighted by Gasteiger charge is 2.18. The zero-order chi connectivity index (χ0) is 14.6. The number of carbonyl (C=O) groups is 1. The highest BCUT2D eigenvalue weighted by Crippen LogP contribution is 2.16. The standard InChI is InChI=1S/C12H16FNO4S/c1-8(5-12(15)16)7-14-19(17,18)11-4-3-10(13)6-9(11)2/h3-4,6,8,14H,5,7H2,1-2H3,(H,15,16). The number of sulfonamides is 1. The van der Waals surface area contributed by atoms with Crippen LogP contribution in [0.2, 0.25) is 0 Å². The minimum atomic E-state index is -3.75. The van der Waals surface area contributed by atoms with Crippen LogP contribution in [-0.4, -0.2) is 26.0 Å². The van der Waals surface area contributed by atoms with Gasteiger partial charge >= 0.3 is 5.97 Å². The Kier molecular flexibility index (Phi) is 5.02. The van der Waals surface area contributed by atoms with Gasteiger partial charge in [-0.05, 0) is 36.6 Å². The highest BCUT2D eigenvalue weighted by molar-refractivity contribution is 7.89. The number of aliphatic carboxylic acids is 1. The molecular weight excluding hydrogens is 273 g/mol. The number of carboxylic acid groups (broad SMARTS) is 1. The van der Waals surface area contributed by atoms with Gasteiger partial charge in [0.15, 0.2) is 0 Å². The number of rotatable bonds is 6. The minimum Gasteiger partial charge on any atom is -0.481 e. The van der Waals surface area contributed by atoms with E-state index in [0.29, 0.717) is 5.56 Å². The zero-order valence-corrected chi connectivity index (χ0v) is 11.5. The van der Waals surface area contributed by atoms with E-state index in [-0.39, 0.29) is 23.8 Å². The average Bonchev–Trinajstić information content (AvgIpc) is 2.25. The summed E-state index contributed by atoms with van der Waals surface area (Å²) in [5, 5.41) is 8.59. The topological polar surface area (TPSA) is 83.5 Å². The molecule has 0 fully saturated rings. The summed E-state index contributed by atoms with van der Waals surface area (Å²) in [5.74, 6) is -1.81. The van der Waals surface area contributed by atoms with E-state index in [9.17, 15) is 17.6 Å². The Labute approximate surface area is 111 Å². The van der Waals surface area contributed by atoms with Crippen molar-refractivity contribution in [3.05, 3.63) is 29.6 Å². The van der Waals surface area contributed by atoms with Crippen molar-refractivity contribution in [1.82, 2.24) is 4.72 Å². The molecule has 0 bridgehead atoms. The summed E-state index contributed by atoms with van der Waals surface area (Å²) in [6.07, 6.45) is -0.120. The van der Waals surface area contributed by atoms with Crippen molar-refractivity contribution in [2.45, 2.75) is 25.2 Å². The molecule has 0 amide bonds. The zero-order valence-electron chi connectivity index (χ0n) is 10.7. The normalized spacial score (nSPS) is 13.2. The molecule has 0 aliphatic carbocycles. The third-order valence-electron chi connectivity index (χ3n) is 2.57. The van der Waals surface area contributed by atoms with Crippen LogP contribution in [0.1, 0.15) is 18.9 Å². The molecule has 1 unspecified atom stereocenters. The summed E-state index contributed by atoms with van der Waals surface area (Å²) >= 11 is 0. The maximum Gasteiger partial charge on any atom is 0.303 e. The molecule has 0 radical (unpaired) electrons. The van der Waals surface area contributed by atoms with Crippen molar-refractivity contribution in [2.75, 3.05) is 6.54 Å². The van der Waals surface area contributed by atoms with Gasteiger partial charge in [0, 0.05) is 13.0 Å². The van der Waals surface area contributed by atoms with Crippen molar-refractivity contribution < 1.29 is 22.7 Å². The Morgan fingerprint density at radius 3 is 2.63 bits per heavy atom. The van der Waals surface area contributed by atoms with Gasteiger partial charge in [-0.3, -0.25) is 4.79 Å². The third-order valence-corrected chi connectivity index (χ3v) is 4.16. The molecule has 0 saturated heterocycles. The van der Waals surface area contributed by atoms with E-state index in [0.717, 1.165) is 12.1 Å². The molecule has 0 aliphatic rings. The van der Waals surface area contributed by atoms with Crippen molar-refractivity contribution in [1.29, 1.82) is 0 Å². The fourth-order valence-corrected chi connectivity index (χ4v) is 3.00. The second kappa shape index (κ2) is 6.12. The van der Waals surface area contributed by atoms with Crippen LogP contribution in [0.3, 0.4) is 0 Å². The van der Waals surface area contributed by atoms with Crippen LogP contribution in [0.15, 0.2) is 23.1 Å². The van der Waals surface area contributed by atoms with E-state index in [4.69, 9.17) is 5.11 Å². The van der Waals surface area contributed by atoms with Crippen molar-refractivity contribution in [3.63, 3.8) is 0 Å². The fraction of sp³-hybridized carbons (Fsp3) is 0.417. The Bertz CT molecular complexity index is 571. The lowest BCUT2D eigenvalue weighted by atomic mass is 10.1. The summed E-state index contributed by atoms with van der Waals surface area (Å²) in [6, 6.07) is 3.40. The summed E-state index contributed by atoms with van der Waals surface area (Å²) in [7, 11) is -3.75. The lowest BCUT2D eigenvalue weighted by Gasteiger charge is -2.12. The van der Waals surface area contributed by atoms with Gasteiger partial charge in [0.1, 0.15) is 5.82 Å². The van der Waals surface area contributed by atoms with Gasteiger partial charge in [-0.1, -0.05) is 6.92 Å². The molecule has 0 spiro atoms. The molecule has 5 nitrogen and oxygen atoms in total. The van der Waals surface area contributed by atoms with Gasteiger partial charge in [0.05, 0.1) is 4.90 Å². The smallest absolute Gasteiger partial charge is 0.303 e. The predicted octanol–water partition coefficient (Wildman–Crippen LogP) is 1.52. The quantitative estimate of drug-likeness (QED) is 0.831. The fourth-order valence-electron chi connectivity index (χ4n) is 1.61. The number of carboxylic acids is 1. The third kappa shape index (κ3) is 4.60. The van der Waals surface area contributed by atoms with Crippen LogP contribution in [-0.2, 0) is 14.8 Å². The van der Waals surface area contributed by atoms with Crippen molar-refractivity contribution in [2.24, 2.45) is 5.92 Å². The largest absolute Gasteiger partial charge is 0.481 e. The molecule has 0 saturated carbocycles. The molecule has 1 aromatic rings. The molecule has 1 atom stereocenters. The maximum absolute atomic E-state index is 12.9. The van der Waals surface area contributed by atoms with Gasteiger partial charge in [0.2, 0.25) is 10.0 Å². The van der Waals surface area contributed by atoms with Gasteiger partial charge < -0.3 is 5.11 Å². The number of hydrogen-bond donors (Lipinski definition) is 2. The molecule has 1 rings (SSSR count). The van der Waals surface area contributed by atoms with Crippen LogP contribution in [0.4, 0.5) is 4.39 Å². The molecule has 19 heavy (non-hydrogen) atoms. The predicted molar refractivity (Wildman–Crippen MR) is 67.7 cm³/mol. The van der Waals surface area contributed by atoms with E-state index in [2.05, 4.69) is 4.72 Å². The highest BCUT2D eigenvalue weighted by atomic mass is 32.2. The second-order valence-corrected chi connectivity index (χ2v) is 6.20.